The van der Waals surface area contributed by atoms with E-state index in [1.807, 2.05) is 19.9 Å². The van der Waals surface area contributed by atoms with E-state index in [2.05, 4.69) is 0 Å². The van der Waals surface area contributed by atoms with Gasteiger partial charge in [0.2, 0.25) is 5.91 Å². The lowest BCUT2D eigenvalue weighted by molar-refractivity contribution is -0.143. The zero-order valence-corrected chi connectivity index (χ0v) is 13.9. The number of carboxylic acid groups (broad SMARTS) is 1. The number of thiophene rings is 1. The molecule has 2 atom stereocenters. The quantitative estimate of drug-likeness (QED) is 0.845. The number of nitrogens with zero attached hydrogens (tertiary/aromatic N) is 1. The van der Waals surface area contributed by atoms with Gasteiger partial charge in [-0.15, -0.1) is 11.3 Å². The van der Waals surface area contributed by atoms with E-state index in [0.29, 0.717) is 18.5 Å². The number of aryl methyl sites for hydroxylation is 2. The molecule has 120 valence electrons. The Hall–Kier alpha value is -1.69. The summed E-state index contributed by atoms with van der Waals surface area (Å²) in [6.07, 6.45) is 0.805. The van der Waals surface area contributed by atoms with Crippen LogP contribution in [0.1, 0.15) is 46.3 Å². The van der Waals surface area contributed by atoms with Gasteiger partial charge in [-0.1, -0.05) is 0 Å². The number of hydrogen-bond donors (Lipinski definition) is 1. The minimum atomic E-state index is -0.858. The summed E-state index contributed by atoms with van der Waals surface area (Å²) < 4.78 is 0. The van der Waals surface area contributed by atoms with Crippen LogP contribution in [0.15, 0.2) is 6.07 Å². The lowest BCUT2D eigenvalue weighted by Gasteiger charge is -2.23. The van der Waals surface area contributed by atoms with Crippen molar-refractivity contribution in [3.05, 3.63) is 21.4 Å². The maximum absolute atomic E-state index is 12.2. The molecule has 2 heterocycles. The molecule has 0 radical (unpaired) electrons. The van der Waals surface area contributed by atoms with Gasteiger partial charge in [-0.2, -0.15) is 0 Å². The smallest absolute Gasteiger partial charge is 0.308 e. The van der Waals surface area contributed by atoms with Crippen LogP contribution in [0.3, 0.4) is 0 Å². The number of Topliss-reactive ketones (excluding diaryl/α,β-unsaturated/α-hetero) is 1. The summed E-state index contributed by atoms with van der Waals surface area (Å²) in [6, 6.07) is 1.57. The summed E-state index contributed by atoms with van der Waals surface area (Å²) in [7, 11) is 0. The molecule has 1 fully saturated rings. The van der Waals surface area contributed by atoms with Gasteiger partial charge in [0, 0.05) is 40.7 Å². The molecule has 1 N–H and O–H groups in total. The Morgan fingerprint density at radius 2 is 2.00 bits per heavy atom. The zero-order chi connectivity index (χ0) is 16.4. The fourth-order valence-electron chi connectivity index (χ4n) is 3.03. The van der Waals surface area contributed by atoms with Crippen molar-refractivity contribution in [1.82, 2.24) is 4.90 Å². The largest absolute Gasteiger partial charge is 0.481 e. The highest BCUT2D eigenvalue weighted by Crippen LogP contribution is 2.26. The minimum absolute atomic E-state index is 0.0168. The summed E-state index contributed by atoms with van der Waals surface area (Å²) in [6.45, 7) is 6.09. The number of carboxylic acids is 1. The lowest BCUT2D eigenvalue weighted by Crippen LogP contribution is -2.37. The average Bonchev–Trinajstić information content (AvgIpc) is 2.98. The van der Waals surface area contributed by atoms with Gasteiger partial charge in [0.05, 0.1) is 5.92 Å². The van der Waals surface area contributed by atoms with Crippen molar-refractivity contribution < 1.29 is 19.5 Å². The molecule has 0 spiro atoms. The molecule has 0 aromatic carbocycles. The summed E-state index contributed by atoms with van der Waals surface area (Å²) in [5, 5.41) is 9.09. The molecule has 1 saturated heterocycles. The second-order valence-electron chi connectivity index (χ2n) is 5.81. The molecule has 0 saturated carbocycles. The Bertz CT molecular complexity index is 607. The predicted molar refractivity (Wildman–Crippen MR) is 84.3 cm³/mol. The molecule has 2 unspecified atom stereocenters. The third-order valence-electron chi connectivity index (χ3n) is 4.30. The summed E-state index contributed by atoms with van der Waals surface area (Å²) in [5.74, 6) is -1.50. The number of likely N-dealkylation sites (tertiary alicyclic amines) is 1. The molecule has 1 aliphatic rings. The number of amides is 1. The molecule has 1 aromatic rings. The van der Waals surface area contributed by atoms with Gasteiger partial charge < -0.3 is 10.0 Å². The first-order valence-electron chi connectivity index (χ1n) is 7.43. The first-order chi connectivity index (χ1) is 10.3. The fourth-order valence-corrected chi connectivity index (χ4v) is 3.97. The van der Waals surface area contributed by atoms with Gasteiger partial charge in [0.25, 0.3) is 0 Å². The highest BCUT2D eigenvalue weighted by atomic mass is 32.1. The first kappa shape index (κ1) is 16.7. The number of ketones is 1. The molecular weight excluding hydrogens is 302 g/mol. The Morgan fingerprint density at radius 1 is 1.32 bits per heavy atom. The number of rotatable bonds is 5. The second kappa shape index (κ2) is 6.60. The first-order valence-corrected chi connectivity index (χ1v) is 8.25. The zero-order valence-electron chi connectivity index (χ0n) is 13.1. The van der Waals surface area contributed by atoms with Crippen LogP contribution in [-0.2, 0) is 9.59 Å². The summed E-state index contributed by atoms with van der Waals surface area (Å²) in [5.41, 5.74) is 0.702. The van der Waals surface area contributed by atoms with Crippen molar-refractivity contribution in [2.24, 2.45) is 5.92 Å². The van der Waals surface area contributed by atoms with E-state index in [0.717, 1.165) is 9.75 Å². The Balaban J connectivity index is 1.92. The van der Waals surface area contributed by atoms with Crippen molar-refractivity contribution in [2.45, 2.75) is 46.1 Å². The Labute approximate surface area is 133 Å². The normalized spacial score (nSPS) is 21.1. The number of aliphatic carboxylic acids is 1. The predicted octanol–water partition coefficient (Wildman–Crippen LogP) is 2.65. The van der Waals surface area contributed by atoms with Crippen molar-refractivity contribution in [3.8, 4) is 0 Å². The molecule has 1 amide bonds. The van der Waals surface area contributed by atoms with Crippen molar-refractivity contribution >= 4 is 29.0 Å². The van der Waals surface area contributed by atoms with Crippen LogP contribution in [0.5, 0.6) is 0 Å². The van der Waals surface area contributed by atoms with Gasteiger partial charge in [-0.25, -0.2) is 0 Å². The van der Waals surface area contributed by atoms with Gasteiger partial charge in [-0.05, 0) is 33.3 Å². The third kappa shape index (κ3) is 3.38. The van der Waals surface area contributed by atoms with Crippen molar-refractivity contribution in [2.75, 3.05) is 6.54 Å². The van der Waals surface area contributed by atoms with E-state index >= 15 is 0 Å². The van der Waals surface area contributed by atoms with Crippen LogP contribution in [-0.4, -0.2) is 40.3 Å². The van der Waals surface area contributed by atoms with Gasteiger partial charge in [-0.3, -0.25) is 14.4 Å². The van der Waals surface area contributed by atoms with E-state index in [1.165, 1.54) is 0 Å². The average molecular weight is 323 g/mol. The van der Waals surface area contributed by atoms with Crippen LogP contribution < -0.4 is 0 Å². The molecule has 0 bridgehead atoms. The van der Waals surface area contributed by atoms with Crippen LogP contribution in [0, 0.1) is 19.8 Å². The summed E-state index contributed by atoms with van der Waals surface area (Å²) >= 11 is 1.58. The maximum atomic E-state index is 12.2. The van der Waals surface area contributed by atoms with Crippen molar-refractivity contribution in [1.29, 1.82) is 0 Å². The van der Waals surface area contributed by atoms with Gasteiger partial charge in [0.15, 0.2) is 5.78 Å². The van der Waals surface area contributed by atoms with Gasteiger partial charge in [0.1, 0.15) is 0 Å². The molecule has 1 aromatic heterocycles. The van der Waals surface area contributed by atoms with E-state index in [4.69, 9.17) is 5.11 Å². The maximum Gasteiger partial charge on any atom is 0.308 e. The highest BCUT2D eigenvalue weighted by molar-refractivity contribution is 7.12. The monoisotopic (exact) mass is 323 g/mol. The van der Waals surface area contributed by atoms with Crippen LogP contribution in [0.25, 0.3) is 0 Å². The van der Waals surface area contributed by atoms with E-state index in [-0.39, 0.29) is 30.6 Å². The molecular formula is C16H21NO4S. The van der Waals surface area contributed by atoms with Gasteiger partial charge >= 0.3 is 5.97 Å². The number of carbonyl (C=O) groups is 3. The van der Waals surface area contributed by atoms with E-state index < -0.39 is 11.9 Å². The Morgan fingerprint density at radius 3 is 2.50 bits per heavy atom. The number of carbonyl (C=O) groups excluding carboxylic acids is 2. The molecule has 6 heteroatoms. The molecule has 1 aliphatic heterocycles. The lowest BCUT2D eigenvalue weighted by atomic mass is 10.0. The standard InChI is InChI=1S/C16H21NO4S/c1-9-8-13(11(3)22-9)14(18)4-5-15(19)17-7-6-12(10(17)2)16(20)21/h8,10,12H,4-7H2,1-3H3,(H,20,21). The Kier molecular flexibility index (Phi) is 5.01. The number of hydrogen-bond acceptors (Lipinski definition) is 4. The SMILES string of the molecule is Cc1cc(C(=O)CCC(=O)N2CCC(C(=O)O)C2C)c(C)s1. The molecule has 22 heavy (non-hydrogen) atoms. The van der Waals surface area contributed by atoms with Crippen LogP contribution in [0.4, 0.5) is 0 Å². The topological polar surface area (TPSA) is 74.7 Å². The fraction of sp³-hybridized carbons (Fsp3) is 0.562. The molecule has 5 nitrogen and oxygen atoms in total. The molecule has 2 rings (SSSR count). The van der Waals surface area contributed by atoms with Crippen molar-refractivity contribution in [3.63, 3.8) is 0 Å². The second-order valence-corrected chi connectivity index (χ2v) is 7.27. The van der Waals surface area contributed by atoms with E-state index in [1.54, 1.807) is 23.2 Å². The van der Waals surface area contributed by atoms with Crippen LogP contribution >= 0.6 is 11.3 Å². The third-order valence-corrected chi connectivity index (χ3v) is 5.27. The molecule has 0 aliphatic carbocycles. The highest BCUT2D eigenvalue weighted by Gasteiger charge is 2.37. The van der Waals surface area contributed by atoms with E-state index in [9.17, 15) is 14.4 Å². The summed E-state index contributed by atoms with van der Waals surface area (Å²) in [4.78, 5) is 39.2. The van der Waals surface area contributed by atoms with Crippen LogP contribution in [0.2, 0.25) is 0 Å². The minimum Gasteiger partial charge on any atom is -0.481 e.